The predicted molar refractivity (Wildman–Crippen MR) is 94.2 cm³/mol. The first kappa shape index (κ1) is 17.9. The van der Waals surface area contributed by atoms with Crippen molar-refractivity contribution < 1.29 is 4.79 Å². The summed E-state index contributed by atoms with van der Waals surface area (Å²) in [4.78, 5) is 33.5. The number of carbonyl (C=O) groups is 1. The Morgan fingerprint density at radius 1 is 1.48 bits per heavy atom. The van der Waals surface area contributed by atoms with Crippen molar-refractivity contribution in [1.82, 2.24) is 20.2 Å². The summed E-state index contributed by atoms with van der Waals surface area (Å²) in [5, 5.41) is 5.16. The molecule has 1 unspecified atom stereocenters. The largest absolute Gasteiger partial charge is 0.337 e. The fourth-order valence-corrected chi connectivity index (χ4v) is 3.68. The van der Waals surface area contributed by atoms with E-state index in [-0.39, 0.29) is 23.9 Å². The van der Waals surface area contributed by atoms with Crippen molar-refractivity contribution in [3.8, 4) is 0 Å². The zero-order chi connectivity index (χ0) is 15.7. The van der Waals surface area contributed by atoms with E-state index in [4.69, 9.17) is 0 Å². The third-order valence-corrected chi connectivity index (χ3v) is 5.09. The number of fused-ring (bicyclic) bond motifs is 1. The van der Waals surface area contributed by atoms with Crippen molar-refractivity contribution in [3.05, 3.63) is 27.6 Å². The topological polar surface area (TPSA) is 78.1 Å². The molecule has 1 amide bonds. The van der Waals surface area contributed by atoms with Crippen molar-refractivity contribution in [2.24, 2.45) is 0 Å². The lowest BCUT2D eigenvalue weighted by Gasteiger charge is -2.36. The van der Waals surface area contributed by atoms with E-state index in [9.17, 15) is 9.59 Å². The number of piperidine rings is 1. The standard InChI is InChI=1S/C15H20N4O2S.ClH/c1-15(6-3-4-7-16-15)14(21)19(2)9-11-17-10-5-8-22-12(10)13(20)18-11;/h5,8,16H,3-4,6-7,9H2,1-2H3,(H,17,18,20);1H. The molecule has 2 aromatic heterocycles. The van der Waals surface area contributed by atoms with E-state index in [0.717, 1.165) is 25.8 Å². The minimum Gasteiger partial charge on any atom is -0.337 e. The summed E-state index contributed by atoms with van der Waals surface area (Å²) in [5.74, 6) is 0.562. The minimum absolute atomic E-state index is 0. The van der Waals surface area contributed by atoms with Crippen LogP contribution in [0.15, 0.2) is 16.2 Å². The zero-order valence-corrected chi connectivity index (χ0v) is 14.9. The van der Waals surface area contributed by atoms with Crippen LogP contribution in [0.5, 0.6) is 0 Å². The van der Waals surface area contributed by atoms with Crippen LogP contribution in [0.2, 0.25) is 0 Å². The van der Waals surface area contributed by atoms with Crippen LogP contribution in [0.25, 0.3) is 10.2 Å². The highest BCUT2D eigenvalue weighted by molar-refractivity contribution is 7.17. The van der Waals surface area contributed by atoms with Gasteiger partial charge in [0.25, 0.3) is 5.56 Å². The van der Waals surface area contributed by atoms with E-state index in [1.807, 2.05) is 18.4 Å². The van der Waals surface area contributed by atoms with Crippen LogP contribution in [0.3, 0.4) is 0 Å². The summed E-state index contributed by atoms with van der Waals surface area (Å²) < 4.78 is 0.624. The number of halogens is 1. The lowest BCUT2D eigenvalue weighted by molar-refractivity contribution is -0.138. The Kier molecular flexibility index (Phi) is 5.44. The molecular formula is C15H21ClN4O2S. The summed E-state index contributed by atoms with van der Waals surface area (Å²) in [5.41, 5.74) is 0.0317. The first-order chi connectivity index (χ1) is 10.5. The molecule has 0 saturated carbocycles. The quantitative estimate of drug-likeness (QED) is 0.880. The van der Waals surface area contributed by atoms with Gasteiger partial charge in [-0.2, -0.15) is 0 Å². The fourth-order valence-electron chi connectivity index (χ4n) is 2.95. The SMILES string of the molecule is CN(Cc1nc2ccsc2c(=O)[nH]1)C(=O)C1(C)CCCCN1.Cl. The Hall–Kier alpha value is -1.44. The number of amides is 1. The summed E-state index contributed by atoms with van der Waals surface area (Å²) in [6, 6.07) is 1.82. The third kappa shape index (κ3) is 3.57. The molecule has 0 spiro atoms. The Morgan fingerprint density at radius 3 is 2.96 bits per heavy atom. The van der Waals surface area contributed by atoms with Gasteiger partial charge in [-0.15, -0.1) is 23.7 Å². The maximum Gasteiger partial charge on any atom is 0.268 e. The number of nitrogens with zero attached hydrogens (tertiary/aromatic N) is 2. The van der Waals surface area contributed by atoms with Gasteiger partial charge in [-0.25, -0.2) is 4.98 Å². The normalized spacial score (nSPS) is 21.0. The highest BCUT2D eigenvalue weighted by Gasteiger charge is 2.36. The number of aromatic nitrogens is 2. The predicted octanol–water partition coefficient (Wildman–Crippen LogP) is 1.90. The summed E-state index contributed by atoms with van der Waals surface area (Å²) in [6.45, 7) is 3.12. The smallest absolute Gasteiger partial charge is 0.268 e. The second-order valence-corrected chi connectivity index (χ2v) is 6.94. The number of aromatic amines is 1. The van der Waals surface area contributed by atoms with Crippen LogP contribution in [-0.4, -0.2) is 39.9 Å². The summed E-state index contributed by atoms with van der Waals surface area (Å²) in [7, 11) is 1.75. The second kappa shape index (κ2) is 6.98. The highest BCUT2D eigenvalue weighted by atomic mass is 35.5. The monoisotopic (exact) mass is 356 g/mol. The molecule has 2 N–H and O–H groups in total. The van der Waals surface area contributed by atoms with Crippen molar-refractivity contribution >= 4 is 39.9 Å². The molecule has 8 heteroatoms. The van der Waals surface area contributed by atoms with Crippen LogP contribution in [0.1, 0.15) is 32.0 Å². The molecule has 1 atom stereocenters. The number of likely N-dealkylation sites (N-methyl/N-ethyl adjacent to an activating group) is 1. The molecule has 3 rings (SSSR count). The number of thiophene rings is 1. The summed E-state index contributed by atoms with van der Waals surface area (Å²) in [6.07, 6.45) is 3.00. The van der Waals surface area contributed by atoms with E-state index >= 15 is 0 Å². The third-order valence-electron chi connectivity index (χ3n) is 4.19. The maximum atomic E-state index is 12.7. The molecule has 3 heterocycles. The van der Waals surface area contributed by atoms with Gasteiger partial charge in [0, 0.05) is 7.05 Å². The summed E-state index contributed by atoms with van der Waals surface area (Å²) >= 11 is 1.37. The average Bonchev–Trinajstić information content (AvgIpc) is 2.96. The Bertz CT molecular complexity index is 751. The van der Waals surface area contributed by atoms with Crippen LogP contribution in [0, 0.1) is 0 Å². The number of H-pyrrole nitrogens is 1. The molecule has 2 aromatic rings. The maximum absolute atomic E-state index is 12.7. The van der Waals surface area contributed by atoms with E-state index in [1.54, 1.807) is 11.9 Å². The molecule has 0 aliphatic carbocycles. The van der Waals surface area contributed by atoms with Crippen molar-refractivity contribution in [2.75, 3.05) is 13.6 Å². The molecule has 1 fully saturated rings. The lowest BCUT2D eigenvalue weighted by atomic mass is 9.89. The number of hydrogen-bond donors (Lipinski definition) is 2. The number of nitrogens with one attached hydrogen (secondary N) is 2. The molecule has 0 aromatic carbocycles. The fraction of sp³-hybridized carbons (Fsp3) is 0.533. The van der Waals surface area contributed by atoms with E-state index < -0.39 is 5.54 Å². The van der Waals surface area contributed by atoms with Gasteiger partial charge in [0.05, 0.1) is 17.6 Å². The van der Waals surface area contributed by atoms with Gasteiger partial charge in [-0.05, 0) is 44.2 Å². The van der Waals surface area contributed by atoms with Crippen molar-refractivity contribution in [2.45, 2.75) is 38.3 Å². The molecule has 6 nitrogen and oxygen atoms in total. The lowest BCUT2D eigenvalue weighted by Crippen LogP contribution is -2.57. The minimum atomic E-state index is -0.514. The van der Waals surface area contributed by atoms with Gasteiger partial charge >= 0.3 is 0 Å². The van der Waals surface area contributed by atoms with E-state index in [1.165, 1.54) is 11.3 Å². The molecule has 1 aliphatic rings. The highest BCUT2D eigenvalue weighted by Crippen LogP contribution is 2.21. The zero-order valence-electron chi connectivity index (χ0n) is 13.2. The van der Waals surface area contributed by atoms with Gasteiger partial charge in [0.2, 0.25) is 5.91 Å². The number of hydrogen-bond acceptors (Lipinski definition) is 5. The van der Waals surface area contributed by atoms with E-state index in [0.29, 0.717) is 22.6 Å². The van der Waals surface area contributed by atoms with E-state index in [2.05, 4.69) is 15.3 Å². The first-order valence-electron chi connectivity index (χ1n) is 7.47. The van der Waals surface area contributed by atoms with Crippen molar-refractivity contribution in [1.29, 1.82) is 0 Å². The molecule has 126 valence electrons. The van der Waals surface area contributed by atoms with Gasteiger partial charge in [-0.1, -0.05) is 0 Å². The molecule has 1 saturated heterocycles. The molecule has 0 radical (unpaired) electrons. The second-order valence-electron chi connectivity index (χ2n) is 6.02. The van der Waals surface area contributed by atoms with Crippen LogP contribution >= 0.6 is 23.7 Å². The van der Waals surface area contributed by atoms with Crippen LogP contribution in [0.4, 0.5) is 0 Å². The molecular weight excluding hydrogens is 336 g/mol. The average molecular weight is 357 g/mol. The number of carbonyl (C=O) groups excluding carboxylic acids is 1. The Balaban J connectivity index is 0.00000192. The Labute approximate surface area is 144 Å². The van der Waals surface area contributed by atoms with Gasteiger partial charge < -0.3 is 15.2 Å². The first-order valence-corrected chi connectivity index (χ1v) is 8.34. The van der Waals surface area contributed by atoms with Crippen molar-refractivity contribution in [3.63, 3.8) is 0 Å². The molecule has 0 bridgehead atoms. The van der Waals surface area contributed by atoms with Gasteiger partial charge in [0.15, 0.2) is 0 Å². The number of rotatable bonds is 3. The van der Waals surface area contributed by atoms with Crippen LogP contribution < -0.4 is 10.9 Å². The van der Waals surface area contributed by atoms with Gasteiger partial charge in [0.1, 0.15) is 10.5 Å². The Morgan fingerprint density at radius 2 is 2.26 bits per heavy atom. The molecule has 1 aliphatic heterocycles. The van der Waals surface area contributed by atoms with Crippen LogP contribution in [-0.2, 0) is 11.3 Å². The van der Waals surface area contributed by atoms with Gasteiger partial charge in [-0.3, -0.25) is 9.59 Å². The molecule has 23 heavy (non-hydrogen) atoms.